The molecule has 2 rings (SSSR count). The Labute approximate surface area is 97.0 Å². The van der Waals surface area contributed by atoms with E-state index in [9.17, 15) is 0 Å². The van der Waals surface area contributed by atoms with E-state index in [1.54, 1.807) is 0 Å². The Morgan fingerprint density at radius 2 is 2.38 bits per heavy atom. The van der Waals surface area contributed by atoms with E-state index in [1.807, 2.05) is 12.3 Å². The standard InChI is InChI=1S/C13H20N2O/c1-10-4-3-7-15-12(10)9-16-13-6-2-5-11(13)8-14/h3-4,7,11,13H,2,5-6,8-9,14H2,1H3. The molecule has 88 valence electrons. The summed E-state index contributed by atoms with van der Waals surface area (Å²) in [4.78, 5) is 4.33. The third kappa shape index (κ3) is 2.60. The molecule has 0 saturated heterocycles. The van der Waals surface area contributed by atoms with Crippen LogP contribution in [0.15, 0.2) is 18.3 Å². The molecule has 2 atom stereocenters. The zero-order chi connectivity index (χ0) is 11.4. The number of nitrogens with zero attached hydrogens (tertiary/aromatic N) is 1. The highest BCUT2D eigenvalue weighted by molar-refractivity contribution is 5.16. The van der Waals surface area contributed by atoms with Crippen molar-refractivity contribution in [1.29, 1.82) is 0 Å². The van der Waals surface area contributed by atoms with Crippen LogP contribution in [0.2, 0.25) is 0 Å². The van der Waals surface area contributed by atoms with Gasteiger partial charge >= 0.3 is 0 Å². The molecule has 0 spiro atoms. The molecule has 3 nitrogen and oxygen atoms in total. The number of hydrogen-bond acceptors (Lipinski definition) is 3. The third-order valence-electron chi connectivity index (χ3n) is 3.44. The van der Waals surface area contributed by atoms with Crippen LogP contribution in [0, 0.1) is 12.8 Å². The minimum atomic E-state index is 0.339. The minimum absolute atomic E-state index is 0.339. The molecule has 3 heteroatoms. The van der Waals surface area contributed by atoms with Crippen LogP contribution in [0.4, 0.5) is 0 Å². The van der Waals surface area contributed by atoms with Crippen molar-refractivity contribution < 1.29 is 4.74 Å². The molecule has 0 aromatic carbocycles. The average molecular weight is 220 g/mol. The quantitative estimate of drug-likeness (QED) is 0.844. The monoisotopic (exact) mass is 220 g/mol. The van der Waals surface area contributed by atoms with Crippen LogP contribution < -0.4 is 5.73 Å². The first kappa shape index (κ1) is 11.6. The summed E-state index contributed by atoms with van der Waals surface area (Å²) in [5.41, 5.74) is 7.97. The number of nitrogens with two attached hydrogens (primary N) is 1. The maximum atomic E-state index is 5.93. The van der Waals surface area contributed by atoms with Gasteiger partial charge in [-0.1, -0.05) is 12.5 Å². The first-order valence-corrected chi connectivity index (χ1v) is 6.03. The van der Waals surface area contributed by atoms with Crippen molar-refractivity contribution in [2.45, 2.75) is 38.9 Å². The van der Waals surface area contributed by atoms with Crippen molar-refractivity contribution in [3.63, 3.8) is 0 Å². The lowest BCUT2D eigenvalue weighted by Crippen LogP contribution is -2.25. The van der Waals surface area contributed by atoms with Gasteiger partial charge in [0, 0.05) is 6.20 Å². The molecule has 1 fully saturated rings. The van der Waals surface area contributed by atoms with Crippen molar-refractivity contribution in [2.75, 3.05) is 6.54 Å². The Bertz CT molecular complexity index is 340. The van der Waals surface area contributed by atoms with Gasteiger partial charge in [0.05, 0.1) is 18.4 Å². The smallest absolute Gasteiger partial charge is 0.0894 e. The fourth-order valence-electron chi connectivity index (χ4n) is 2.35. The Kier molecular flexibility index (Phi) is 3.91. The fraction of sp³-hybridized carbons (Fsp3) is 0.615. The van der Waals surface area contributed by atoms with E-state index in [0.29, 0.717) is 18.6 Å². The summed E-state index contributed by atoms with van der Waals surface area (Å²) in [6, 6.07) is 4.03. The van der Waals surface area contributed by atoms with E-state index >= 15 is 0 Å². The number of ether oxygens (including phenoxy) is 1. The normalized spacial score (nSPS) is 24.9. The predicted molar refractivity (Wildman–Crippen MR) is 63.9 cm³/mol. The lowest BCUT2D eigenvalue weighted by Gasteiger charge is -2.18. The van der Waals surface area contributed by atoms with Gasteiger partial charge in [0.2, 0.25) is 0 Å². The Morgan fingerprint density at radius 1 is 1.50 bits per heavy atom. The number of pyridine rings is 1. The minimum Gasteiger partial charge on any atom is -0.372 e. The highest BCUT2D eigenvalue weighted by Gasteiger charge is 2.26. The lowest BCUT2D eigenvalue weighted by molar-refractivity contribution is 0.0164. The van der Waals surface area contributed by atoms with Crippen LogP contribution in [0.5, 0.6) is 0 Å². The van der Waals surface area contributed by atoms with Gasteiger partial charge in [0.1, 0.15) is 0 Å². The van der Waals surface area contributed by atoms with Gasteiger partial charge in [-0.3, -0.25) is 4.98 Å². The Hall–Kier alpha value is -0.930. The number of rotatable bonds is 4. The molecule has 1 aliphatic carbocycles. The highest BCUT2D eigenvalue weighted by Crippen LogP contribution is 2.28. The first-order valence-electron chi connectivity index (χ1n) is 6.03. The van der Waals surface area contributed by atoms with Crippen LogP contribution in [-0.2, 0) is 11.3 Å². The van der Waals surface area contributed by atoms with Gasteiger partial charge < -0.3 is 10.5 Å². The fourth-order valence-corrected chi connectivity index (χ4v) is 2.35. The number of aromatic nitrogens is 1. The predicted octanol–water partition coefficient (Wildman–Crippen LogP) is 2.03. The largest absolute Gasteiger partial charge is 0.372 e. The second kappa shape index (κ2) is 5.41. The lowest BCUT2D eigenvalue weighted by atomic mass is 10.1. The zero-order valence-corrected chi connectivity index (χ0v) is 9.86. The number of hydrogen-bond donors (Lipinski definition) is 1. The molecule has 1 heterocycles. The molecule has 2 unspecified atom stereocenters. The van der Waals surface area contributed by atoms with Gasteiger partial charge in [-0.25, -0.2) is 0 Å². The van der Waals surface area contributed by atoms with Crippen LogP contribution >= 0.6 is 0 Å². The Balaban J connectivity index is 1.90. The van der Waals surface area contributed by atoms with Gasteiger partial charge in [-0.05, 0) is 43.9 Å². The van der Waals surface area contributed by atoms with Crippen LogP contribution in [-0.4, -0.2) is 17.6 Å². The van der Waals surface area contributed by atoms with Gasteiger partial charge in [-0.2, -0.15) is 0 Å². The van der Waals surface area contributed by atoms with Gasteiger partial charge in [-0.15, -0.1) is 0 Å². The molecule has 0 aliphatic heterocycles. The summed E-state index contributed by atoms with van der Waals surface area (Å²) in [7, 11) is 0. The average Bonchev–Trinajstić information content (AvgIpc) is 2.75. The second-order valence-electron chi connectivity index (χ2n) is 4.54. The summed E-state index contributed by atoms with van der Waals surface area (Å²) in [5, 5.41) is 0. The van der Waals surface area contributed by atoms with Crippen molar-refractivity contribution in [1.82, 2.24) is 4.98 Å². The molecule has 1 saturated carbocycles. The third-order valence-corrected chi connectivity index (χ3v) is 3.44. The number of aryl methyl sites for hydroxylation is 1. The molecule has 0 radical (unpaired) electrons. The van der Waals surface area contributed by atoms with Gasteiger partial charge in [0.15, 0.2) is 0 Å². The second-order valence-corrected chi connectivity index (χ2v) is 4.54. The van der Waals surface area contributed by atoms with Gasteiger partial charge in [0.25, 0.3) is 0 Å². The Morgan fingerprint density at radius 3 is 3.12 bits per heavy atom. The van der Waals surface area contributed by atoms with E-state index in [0.717, 1.165) is 18.7 Å². The molecule has 0 amide bonds. The molecule has 1 aromatic rings. The molecule has 2 N–H and O–H groups in total. The molecule has 16 heavy (non-hydrogen) atoms. The van der Waals surface area contributed by atoms with Crippen molar-refractivity contribution in [3.8, 4) is 0 Å². The van der Waals surface area contributed by atoms with E-state index in [2.05, 4.69) is 18.0 Å². The van der Waals surface area contributed by atoms with Crippen molar-refractivity contribution in [2.24, 2.45) is 11.7 Å². The van der Waals surface area contributed by atoms with E-state index in [-0.39, 0.29) is 0 Å². The summed E-state index contributed by atoms with van der Waals surface area (Å²) in [6.07, 6.45) is 5.76. The molecule has 1 aromatic heterocycles. The topological polar surface area (TPSA) is 48.1 Å². The van der Waals surface area contributed by atoms with E-state index in [1.165, 1.54) is 18.4 Å². The maximum absolute atomic E-state index is 5.93. The van der Waals surface area contributed by atoms with E-state index < -0.39 is 0 Å². The van der Waals surface area contributed by atoms with E-state index in [4.69, 9.17) is 10.5 Å². The van der Waals surface area contributed by atoms with Crippen LogP contribution in [0.25, 0.3) is 0 Å². The molecule has 0 bridgehead atoms. The first-order chi connectivity index (χ1) is 7.81. The molecular formula is C13H20N2O. The summed E-state index contributed by atoms with van der Waals surface area (Å²) in [6.45, 7) is 3.43. The summed E-state index contributed by atoms with van der Waals surface area (Å²) < 4.78 is 5.93. The maximum Gasteiger partial charge on any atom is 0.0894 e. The molecule has 1 aliphatic rings. The zero-order valence-electron chi connectivity index (χ0n) is 9.86. The summed E-state index contributed by atoms with van der Waals surface area (Å²) in [5.74, 6) is 0.545. The van der Waals surface area contributed by atoms with Crippen LogP contribution in [0.3, 0.4) is 0 Å². The van der Waals surface area contributed by atoms with Crippen LogP contribution in [0.1, 0.15) is 30.5 Å². The molecular weight excluding hydrogens is 200 g/mol. The SMILES string of the molecule is Cc1cccnc1COC1CCCC1CN. The van der Waals surface area contributed by atoms with Crippen molar-refractivity contribution in [3.05, 3.63) is 29.6 Å². The highest BCUT2D eigenvalue weighted by atomic mass is 16.5. The summed E-state index contributed by atoms with van der Waals surface area (Å²) >= 11 is 0. The van der Waals surface area contributed by atoms with Crippen molar-refractivity contribution >= 4 is 0 Å².